The first kappa shape index (κ1) is 15.2. The highest BCUT2D eigenvalue weighted by molar-refractivity contribution is 5.50. The maximum absolute atomic E-state index is 9.01. The van der Waals surface area contributed by atoms with Crippen molar-refractivity contribution in [1.29, 1.82) is 0 Å². The molecule has 0 saturated heterocycles. The fourth-order valence-electron chi connectivity index (χ4n) is 2.18. The van der Waals surface area contributed by atoms with E-state index in [4.69, 9.17) is 19.4 Å². The molecule has 2 aromatic heterocycles. The molecule has 2 heterocycles. The molecule has 0 spiro atoms. The third kappa shape index (κ3) is 4.15. The van der Waals surface area contributed by atoms with Crippen molar-refractivity contribution < 1.29 is 19.4 Å². The molecule has 0 amide bonds. The lowest BCUT2D eigenvalue weighted by molar-refractivity contribution is -0.0381. The molecule has 0 aliphatic heterocycles. The molecule has 0 atom stereocenters. The van der Waals surface area contributed by atoms with Crippen molar-refractivity contribution in [2.75, 3.05) is 0 Å². The summed E-state index contributed by atoms with van der Waals surface area (Å²) in [6.45, 7) is 0.374. The summed E-state index contributed by atoms with van der Waals surface area (Å²) in [5.41, 5.74) is 2.48. The Morgan fingerprint density at radius 3 is 2.65 bits per heavy atom. The molecule has 23 heavy (non-hydrogen) atoms. The quantitative estimate of drug-likeness (QED) is 0.678. The van der Waals surface area contributed by atoms with Gasteiger partial charge in [-0.25, -0.2) is 9.97 Å². The molecule has 0 bridgehead atoms. The van der Waals surface area contributed by atoms with Gasteiger partial charge in [-0.2, -0.15) is 0 Å². The minimum Gasteiger partial charge on any atom is -0.487 e. The molecule has 118 valence electrons. The smallest absolute Gasteiger partial charge is 0.181 e. The second-order valence-corrected chi connectivity index (χ2v) is 5.04. The number of hydrogen-bond acceptors (Lipinski definition) is 6. The Morgan fingerprint density at radius 2 is 1.96 bits per heavy atom. The molecule has 0 aliphatic carbocycles. The normalized spacial score (nSPS) is 10.9. The van der Waals surface area contributed by atoms with E-state index in [0.29, 0.717) is 23.8 Å². The van der Waals surface area contributed by atoms with Crippen molar-refractivity contribution in [1.82, 2.24) is 9.97 Å². The third-order valence-electron chi connectivity index (χ3n) is 3.24. The number of benzene rings is 1. The number of ether oxygens (including phenoxy) is 1. The highest BCUT2D eigenvalue weighted by Crippen LogP contribution is 2.19. The molecule has 2 N–H and O–H groups in total. The molecule has 3 aromatic rings. The summed E-state index contributed by atoms with van der Waals surface area (Å²) in [6, 6.07) is 11.1. The van der Waals surface area contributed by atoms with Gasteiger partial charge in [0.1, 0.15) is 18.1 Å². The number of oxazole rings is 1. The number of aromatic nitrogens is 2. The van der Waals surface area contributed by atoms with Crippen molar-refractivity contribution in [2.45, 2.75) is 19.3 Å². The van der Waals surface area contributed by atoms with E-state index in [9.17, 15) is 0 Å². The molecular weight excluding hydrogens is 296 g/mol. The van der Waals surface area contributed by atoms with E-state index in [1.807, 2.05) is 30.3 Å². The second-order valence-electron chi connectivity index (χ2n) is 5.04. The molecule has 0 saturated carbocycles. The van der Waals surface area contributed by atoms with Crippen LogP contribution in [0.15, 0.2) is 59.6 Å². The topological polar surface area (TPSA) is 88.6 Å². The first-order valence-electron chi connectivity index (χ1n) is 7.12. The average Bonchev–Trinajstić information content (AvgIpc) is 3.08. The minimum atomic E-state index is -1.35. The average molecular weight is 312 g/mol. The summed E-state index contributed by atoms with van der Waals surface area (Å²) >= 11 is 0. The van der Waals surface area contributed by atoms with E-state index in [1.54, 1.807) is 18.5 Å². The summed E-state index contributed by atoms with van der Waals surface area (Å²) in [7, 11) is 0. The van der Waals surface area contributed by atoms with Gasteiger partial charge in [0.25, 0.3) is 0 Å². The van der Waals surface area contributed by atoms with Gasteiger partial charge in [-0.05, 0) is 23.3 Å². The van der Waals surface area contributed by atoms with Crippen LogP contribution in [0, 0.1) is 0 Å². The van der Waals surface area contributed by atoms with Gasteiger partial charge in [0.05, 0.1) is 12.4 Å². The van der Waals surface area contributed by atoms with Crippen LogP contribution in [0.25, 0.3) is 11.5 Å². The minimum absolute atomic E-state index is 0.196. The van der Waals surface area contributed by atoms with E-state index in [0.717, 1.165) is 11.1 Å². The predicted molar refractivity (Wildman–Crippen MR) is 82.4 cm³/mol. The van der Waals surface area contributed by atoms with Gasteiger partial charge in [0.2, 0.25) is 0 Å². The first-order valence-corrected chi connectivity index (χ1v) is 7.12. The number of hydrogen-bond donors (Lipinski definition) is 2. The molecule has 1 aromatic carbocycles. The maximum Gasteiger partial charge on any atom is 0.181 e. The third-order valence-corrected chi connectivity index (χ3v) is 3.24. The Bertz CT molecular complexity index is 740. The largest absolute Gasteiger partial charge is 0.487 e. The zero-order valence-corrected chi connectivity index (χ0v) is 12.3. The summed E-state index contributed by atoms with van der Waals surface area (Å²) in [5.74, 6) is 1.24. The van der Waals surface area contributed by atoms with Crippen LogP contribution in [0.1, 0.15) is 11.1 Å². The van der Waals surface area contributed by atoms with Gasteiger partial charge in [0.15, 0.2) is 18.4 Å². The van der Waals surface area contributed by atoms with Crippen molar-refractivity contribution in [3.63, 3.8) is 0 Å². The predicted octanol–water partition coefficient (Wildman–Crippen LogP) is 2.17. The van der Waals surface area contributed by atoms with Crippen LogP contribution >= 0.6 is 0 Å². The van der Waals surface area contributed by atoms with Crippen LogP contribution in [0.3, 0.4) is 0 Å². The van der Waals surface area contributed by atoms with Gasteiger partial charge in [-0.3, -0.25) is 0 Å². The molecule has 0 radical (unpaired) electrons. The van der Waals surface area contributed by atoms with E-state index < -0.39 is 6.29 Å². The highest BCUT2D eigenvalue weighted by Gasteiger charge is 2.05. The zero-order chi connectivity index (χ0) is 16.1. The van der Waals surface area contributed by atoms with Gasteiger partial charge < -0.3 is 19.4 Å². The van der Waals surface area contributed by atoms with Gasteiger partial charge in [-0.15, -0.1) is 0 Å². The van der Waals surface area contributed by atoms with E-state index in [-0.39, 0.29) is 6.42 Å². The fraction of sp³-hybridized carbons (Fsp3) is 0.176. The van der Waals surface area contributed by atoms with E-state index in [2.05, 4.69) is 9.97 Å². The Hall–Kier alpha value is -2.70. The Labute approximate surface area is 133 Å². The molecule has 6 nitrogen and oxygen atoms in total. The monoisotopic (exact) mass is 312 g/mol. The van der Waals surface area contributed by atoms with Crippen LogP contribution < -0.4 is 4.74 Å². The summed E-state index contributed by atoms with van der Waals surface area (Å²) in [4.78, 5) is 8.12. The number of nitrogens with zero attached hydrogens (tertiary/aromatic N) is 2. The zero-order valence-electron chi connectivity index (χ0n) is 12.3. The molecular formula is C17H16N2O4. The van der Waals surface area contributed by atoms with Crippen LogP contribution in [0.4, 0.5) is 0 Å². The summed E-state index contributed by atoms with van der Waals surface area (Å²) in [5, 5.41) is 18.0. The fourth-order valence-corrected chi connectivity index (χ4v) is 2.18. The SMILES string of the molecule is OC(O)Cc1cccc(COc2ccc(-c3cnco3)nc2)c1. The Balaban J connectivity index is 1.62. The van der Waals surface area contributed by atoms with Crippen molar-refractivity contribution >= 4 is 0 Å². The highest BCUT2D eigenvalue weighted by atomic mass is 16.5. The van der Waals surface area contributed by atoms with Crippen molar-refractivity contribution in [3.05, 3.63) is 66.3 Å². The number of pyridine rings is 1. The standard InChI is InChI=1S/C17H16N2O4/c20-17(21)7-12-2-1-3-13(6-12)10-22-14-4-5-15(19-8-14)16-9-18-11-23-16/h1-6,8-9,11,17,20-21H,7,10H2. The molecule has 6 heteroatoms. The second kappa shape index (κ2) is 7.04. The van der Waals surface area contributed by atoms with Gasteiger partial charge in [-0.1, -0.05) is 24.3 Å². The Morgan fingerprint density at radius 1 is 1.09 bits per heavy atom. The van der Waals surface area contributed by atoms with Crippen LogP contribution in [-0.4, -0.2) is 26.5 Å². The van der Waals surface area contributed by atoms with E-state index >= 15 is 0 Å². The van der Waals surface area contributed by atoms with Crippen LogP contribution in [0.2, 0.25) is 0 Å². The Kier molecular flexibility index (Phi) is 4.65. The lowest BCUT2D eigenvalue weighted by Gasteiger charge is -2.09. The molecule has 0 aliphatic rings. The number of aliphatic hydroxyl groups is 2. The molecule has 3 rings (SSSR count). The number of rotatable bonds is 6. The van der Waals surface area contributed by atoms with Crippen molar-refractivity contribution in [2.24, 2.45) is 0 Å². The first-order chi connectivity index (χ1) is 11.2. The van der Waals surface area contributed by atoms with Crippen LogP contribution in [0.5, 0.6) is 5.75 Å². The molecule has 0 fully saturated rings. The van der Waals surface area contributed by atoms with Crippen molar-refractivity contribution in [3.8, 4) is 17.2 Å². The van der Waals surface area contributed by atoms with Crippen LogP contribution in [-0.2, 0) is 13.0 Å². The number of aliphatic hydroxyl groups excluding tert-OH is 1. The lowest BCUT2D eigenvalue weighted by Crippen LogP contribution is -2.08. The van der Waals surface area contributed by atoms with Gasteiger partial charge >= 0.3 is 0 Å². The van der Waals surface area contributed by atoms with E-state index in [1.165, 1.54) is 6.39 Å². The summed E-state index contributed by atoms with van der Waals surface area (Å²) < 4.78 is 10.9. The molecule has 0 unspecified atom stereocenters. The maximum atomic E-state index is 9.01. The summed E-state index contributed by atoms with van der Waals surface area (Å²) in [6.07, 6.45) is 3.43. The van der Waals surface area contributed by atoms with Gasteiger partial charge in [0, 0.05) is 6.42 Å². The lowest BCUT2D eigenvalue weighted by atomic mass is 10.1.